The van der Waals surface area contributed by atoms with Gasteiger partial charge in [-0.15, -0.1) is 0 Å². The molecule has 0 saturated heterocycles. The van der Waals surface area contributed by atoms with Gasteiger partial charge in [0.25, 0.3) is 0 Å². The van der Waals surface area contributed by atoms with Crippen LogP contribution in [0.25, 0.3) is 65.7 Å². The summed E-state index contributed by atoms with van der Waals surface area (Å²) in [6, 6.07) is 112. The van der Waals surface area contributed by atoms with E-state index in [2.05, 4.69) is 313 Å². The highest BCUT2D eigenvalue weighted by molar-refractivity contribution is 6.24. The maximum atomic E-state index is 2.55. The van der Waals surface area contributed by atoms with Crippen molar-refractivity contribution in [1.82, 2.24) is 0 Å². The van der Waals surface area contributed by atoms with Crippen molar-refractivity contribution in [3.05, 3.63) is 326 Å². The molecule has 0 bridgehead atoms. The molecule has 0 amide bonds. The number of hydrogen-bond donors (Lipinski definition) is 0. The molecule has 0 aliphatic heterocycles. The predicted octanol–water partition coefficient (Wildman–Crippen LogP) is 19.8. The van der Waals surface area contributed by atoms with Crippen LogP contribution in [-0.4, -0.2) is 0 Å². The van der Waals surface area contributed by atoms with Crippen LogP contribution in [0.15, 0.2) is 303 Å². The number of rotatable bonds is 10. The third kappa shape index (κ3) is 7.10. The fourth-order valence-corrected chi connectivity index (χ4v) is 12.4. The molecule has 0 saturated carbocycles. The Morgan fingerprint density at radius 1 is 0.240 bits per heavy atom. The van der Waals surface area contributed by atoms with Crippen LogP contribution in [0, 0.1) is 0 Å². The molecular weight excluding hydrogens is 905 g/mol. The van der Waals surface area contributed by atoms with Crippen LogP contribution in [0.4, 0.5) is 34.1 Å². The topological polar surface area (TPSA) is 6.48 Å². The van der Waals surface area contributed by atoms with Crippen molar-refractivity contribution < 1.29 is 0 Å². The number of nitrogens with zero attached hydrogens (tertiary/aromatic N) is 2. The largest absolute Gasteiger partial charge is 0.310 e. The molecule has 75 heavy (non-hydrogen) atoms. The van der Waals surface area contributed by atoms with Gasteiger partial charge in [0.2, 0.25) is 0 Å². The van der Waals surface area contributed by atoms with E-state index in [-0.39, 0.29) is 0 Å². The van der Waals surface area contributed by atoms with Crippen LogP contribution in [-0.2, 0) is 5.41 Å². The summed E-state index contributed by atoms with van der Waals surface area (Å²) < 4.78 is 0. The molecule has 14 rings (SSSR count). The van der Waals surface area contributed by atoms with Crippen molar-refractivity contribution in [2.45, 2.75) is 5.41 Å². The summed E-state index contributed by atoms with van der Waals surface area (Å²) in [6.07, 6.45) is 0. The first-order chi connectivity index (χ1) is 37.3. The number of hydrogen-bond acceptors (Lipinski definition) is 2. The lowest BCUT2D eigenvalue weighted by Crippen LogP contribution is -2.29. The van der Waals surface area contributed by atoms with Gasteiger partial charge in [0, 0.05) is 33.6 Å². The highest BCUT2D eigenvalue weighted by Crippen LogP contribution is 2.63. The maximum Gasteiger partial charge on any atom is 0.0720 e. The van der Waals surface area contributed by atoms with E-state index in [0.29, 0.717) is 0 Å². The van der Waals surface area contributed by atoms with Crippen LogP contribution in [0.2, 0.25) is 0 Å². The molecule has 0 aromatic heterocycles. The summed E-state index contributed by atoms with van der Waals surface area (Å²) in [6.45, 7) is 0. The molecule has 13 aromatic rings. The average Bonchev–Trinajstić information content (AvgIpc) is 3.87. The summed E-state index contributed by atoms with van der Waals surface area (Å²) in [7, 11) is 0. The Kier molecular flexibility index (Phi) is 10.8. The molecule has 2 nitrogen and oxygen atoms in total. The zero-order valence-corrected chi connectivity index (χ0v) is 41.3. The van der Waals surface area contributed by atoms with E-state index >= 15 is 0 Å². The van der Waals surface area contributed by atoms with Crippen molar-refractivity contribution in [3.63, 3.8) is 0 Å². The van der Waals surface area contributed by atoms with Crippen molar-refractivity contribution in [3.8, 4) is 33.4 Å². The minimum atomic E-state index is -0.754. The van der Waals surface area contributed by atoms with Crippen molar-refractivity contribution >= 4 is 66.4 Å². The van der Waals surface area contributed by atoms with Gasteiger partial charge in [0.1, 0.15) is 0 Å². The van der Waals surface area contributed by atoms with Gasteiger partial charge >= 0.3 is 0 Å². The fraction of sp³-hybridized carbons (Fsp3) is 0.0137. The lowest BCUT2D eigenvalue weighted by atomic mass is 9.66. The van der Waals surface area contributed by atoms with E-state index in [1.165, 1.54) is 82.4 Å². The van der Waals surface area contributed by atoms with Gasteiger partial charge in [-0.05, 0) is 126 Å². The summed E-state index contributed by atoms with van der Waals surface area (Å²) in [5, 5.41) is 7.27. The highest BCUT2D eigenvalue weighted by atomic mass is 15.2. The quantitative estimate of drug-likeness (QED) is 0.126. The molecule has 0 unspecified atom stereocenters. The van der Waals surface area contributed by atoms with Crippen molar-refractivity contribution in [2.75, 3.05) is 9.80 Å². The molecule has 1 aliphatic carbocycles. The standard InChI is InChI=1S/C73H50N2/c1-7-27-51(28-8-1)58-39-23-25-45-67(58)74(55-35-15-5-16-36-55)57-47-48-64-65(49-57)60-41-19-21-43-62(60)71-70-63-44-22-20-42-61(63)69(50-66(70)73(72(64)71,53-31-11-3-12-32-53)54-33-13-4-14-34-54)75(56-37-17-6-18-38-56)68-46-26-24-40-59(68)52-29-9-2-10-30-52/h1-50H. The molecule has 0 N–H and O–H groups in total. The minimum Gasteiger partial charge on any atom is -0.310 e. The second kappa shape index (κ2) is 18.4. The van der Waals surface area contributed by atoms with Crippen molar-refractivity contribution in [2.24, 2.45) is 0 Å². The summed E-state index contributed by atoms with van der Waals surface area (Å²) >= 11 is 0. The smallest absolute Gasteiger partial charge is 0.0720 e. The number of fused-ring (bicyclic) bond motifs is 10. The predicted molar refractivity (Wildman–Crippen MR) is 317 cm³/mol. The van der Waals surface area contributed by atoms with Gasteiger partial charge in [0.05, 0.1) is 22.5 Å². The van der Waals surface area contributed by atoms with Gasteiger partial charge in [-0.1, -0.05) is 249 Å². The molecule has 2 heteroatoms. The molecule has 0 radical (unpaired) electrons. The highest BCUT2D eigenvalue weighted by Gasteiger charge is 2.49. The van der Waals surface area contributed by atoms with E-state index in [1.807, 2.05) is 0 Å². The third-order valence-corrected chi connectivity index (χ3v) is 15.5. The molecule has 0 heterocycles. The summed E-state index contributed by atoms with van der Waals surface area (Å²) in [4.78, 5) is 4.94. The fourth-order valence-electron chi connectivity index (χ4n) is 12.4. The second-order valence-corrected chi connectivity index (χ2v) is 19.5. The Morgan fingerprint density at radius 2 is 0.653 bits per heavy atom. The van der Waals surface area contributed by atoms with Crippen LogP contribution in [0.1, 0.15) is 22.3 Å². The van der Waals surface area contributed by atoms with Gasteiger partial charge in [0.15, 0.2) is 0 Å². The van der Waals surface area contributed by atoms with Crippen molar-refractivity contribution in [1.29, 1.82) is 0 Å². The normalized spacial score (nSPS) is 12.4. The average molecular weight is 955 g/mol. The lowest BCUT2D eigenvalue weighted by molar-refractivity contribution is 0.776. The van der Waals surface area contributed by atoms with Gasteiger partial charge in [-0.2, -0.15) is 0 Å². The van der Waals surface area contributed by atoms with Crippen LogP contribution < -0.4 is 9.80 Å². The Morgan fingerprint density at radius 3 is 1.20 bits per heavy atom. The Balaban J connectivity index is 1.12. The van der Waals surface area contributed by atoms with E-state index in [9.17, 15) is 0 Å². The van der Waals surface area contributed by atoms with Gasteiger partial charge < -0.3 is 9.80 Å². The second-order valence-electron chi connectivity index (χ2n) is 19.5. The van der Waals surface area contributed by atoms with E-state index in [0.717, 1.165) is 39.7 Å². The molecule has 0 atom stereocenters. The molecule has 13 aromatic carbocycles. The first kappa shape index (κ1) is 44.0. The first-order valence-corrected chi connectivity index (χ1v) is 25.9. The van der Waals surface area contributed by atoms with Gasteiger partial charge in [-0.3, -0.25) is 0 Å². The lowest BCUT2D eigenvalue weighted by Gasteiger charge is -2.36. The van der Waals surface area contributed by atoms with Crippen LogP contribution in [0.3, 0.4) is 0 Å². The molecule has 0 fully saturated rings. The van der Waals surface area contributed by atoms with E-state index in [1.54, 1.807) is 0 Å². The Hall–Kier alpha value is -9.76. The number of anilines is 6. The zero-order chi connectivity index (χ0) is 49.7. The molecule has 0 spiro atoms. The summed E-state index contributed by atoms with van der Waals surface area (Å²) in [5.41, 5.74) is 18.1. The SMILES string of the molecule is c1ccc(-c2ccccc2N(c2ccccc2)c2ccc3c4c(c5ccccc5c3c2)-c2c(cc(N(c3ccccc3)c3ccccc3-c3ccccc3)c3ccccc23)C4(c2ccccc2)c2ccccc2)cc1. The van der Waals surface area contributed by atoms with Gasteiger partial charge in [-0.25, -0.2) is 0 Å². The molecule has 1 aliphatic rings. The Bertz CT molecular complexity index is 4170. The molecule has 352 valence electrons. The number of para-hydroxylation sites is 4. The number of benzene rings is 13. The van der Waals surface area contributed by atoms with Crippen LogP contribution >= 0.6 is 0 Å². The van der Waals surface area contributed by atoms with E-state index < -0.39 is 5.41 Å². The van der Waals surface area contributed by atoms with Crippen LogP contribution in [0.5, 0.6) is 0 Å². The first-order valence-electron chi connectivity index (χ1n) is 25.9. The Labute approximate surface area is 438 Å². The van der Waals surface area contributed by atoms with E-state index in [4.69, 9.17) is 0 Å². The molecular formula is C73H50N2. The monoisotopic (exact) mass is 954 g/mol. The third-order valence-electron chi connectivity index (χ3n) is 15.5. The summed E-state index contributed by atoms with van der Waals surface area (Å²) in [5.74, 6) is 0. The minimum absolute atomic E-state index is 0.754. The maximum absolute atomic E-state index is 2.55. The zero-order valence-electron chi connectivity index (χ0n) is 41.3.